The zero-order valence-corrected chi connectivity index (χ0v) is 17.4. The van der Waals surface area contributed by atoms with E-state index in [0.29, 0.717) is 30.6 Å². The zero-order chi connectivity index (χ0) is 20.8. The number of carbonyl (C=O) groups is 2. The molecule has 1 aromatic rings. The summed E-state index contributed by atoms with van der Waals surface area (Å²) in [5.74, 6) is 1.96. The van der Waals surface area contributed by atoms with Crippen molar-refractivity contribution in [3.05, 3.63) is 23.9 Å². The monoisotopic (exact) mass is 401 g/mol. The Kier molecular flexibility index (Phi) is 7.47. The van der Waals surface area contributed by atoms with Crippen LogP contribution in [0, 0.1) is 17.8 Å². The SMILES string of the molecule is CC(N)C(=O)N[C@H](CC1CCCC2CCCC[C@@H]21)C(=O)NCc1ccc(N)nc1. The number of nitrogens with two attached hydrogens (primary N) is 2. The molecule has 0 bridgehead atoms. The normalized spacial score (nSPS) is 26.1. The van der Waals surface area contributed by atoms with Crippen LogP contribution in [0.2, 0.25) is 0 Å². The fraction of sp³-hybridized carbons (Fsp3) is 0.682. The molecule has 2 aliphatic rings. The first kappa shape index (κ1) is 21.6. The molecule has 7 heteroatoms. The minimum atomic E-state index is -0.639. The molecule has 0 aromatic carbocycles. The maximum absolute atomic E-state index is 13.0. The number of pyridine rings is 1. The number of anilines is 1. The molecule has 2 amide bonds. The first-order valence-corrected chi connectivity index (χ1v) is 11.0. The standard InChI is InChI=1S/C22H35N5O2/c1-14(23)21(28)27-19(22(29)26-13-15-9-10-20(24)25-12-15)11-17-7-4-6-16-5-2-3-8-18(16)17/h9-10,12,14,16-19H,2-8,11,13,23H2,1H3,(H2,24,25)(H,26,29)(H,27,28)/t14?,16?,17?,18-,19+/m0/s1. The summed E-state index contributed by atoms with van der Waals surface area (Å²) in [6, 6.07) is 2.36. The van der Waals surface area contributed by atoms with E-state index >= 15 is 0 Å². The molecule has 160 valence electrons. The number of aromatic nitrogens is 1. The van der Waals surface area contributed by atoms with Gasteiger partial charge in [-0.2, -0.15) is 0 Å². The molecular formula is C22H35N5O2. The third kappa shape index (κ3) is 5.92. The molecule has 1 aromatic heterocycles. The van der Waals surface area contributed by atoms with Gasteiger partial charge in [0.25, 0.3) is 0 Å². The van der Waals surface area contributed by atoms with Crippen LogP contribution in [0.15, 0.2) is 18.3 Å². The summed E-state index contributed by atoms with van der Waals surface area (Å²) in [7, 11) is 0. The summed E-state index contributed by atoms with van der Waals surface area (Å²) in [6.45, 7) is 2.00. The molecule has 2 saturated carbocycles. The predicted octanol–water partition coefficient (Wildman–Crippen LogP) is 2.11. The number of carbonyl (C=O) groups excluding carboxylic acids is 2. The summed E-state index contributed by atoms with van der Waals surface area (Å²) >= 11 is 0. The number of nitrogens with zero attached hydrogens (tertiary/aromatic N) is 1. The second-order valence-corrected chi connectivity index (χ2v) is 8.79. The maximum atomic E-state index is 13.0. The minimum Gasteiger partial charge on any atom is -0.384 e. The van der Waals surface area contributed by atoms with Gasteiger partial charge in [-0.05, 0) is 49.1 Å². The average Bonchev–Trinajstić information content (AvgIpc) is 2.72. The summed E-state index contributed by atoms with van der Waals surface area (Å²) in [4.78, 5) is 29.3. The predicted molar refractivity (Wildman–Crippen MR) is 113 cm³/mol. The number of hydrogen-bond donors (Lipinski definition) is 4. The first-order chi connectivity index (χ1) is 13.9. The summed E-state index contributed by atoms with van der Waals surface area (Å²) in [5.41, 5.74) is 12.2. The van der Waals surface area contributed by atoms with E-state index in [1.165, 1.54) is 38.5 Å². The smallest absolute Gasteiger partial charge is 0.242 e. The third-order valence-electron chi connectivity index (χ3n) is 6.62. The van der Waals surface area contributed by atoms with Crippen LogP contribution < -0.4 is 22.1 Å². The number of nitrogens with one attached hydrogen (secondary N) is 2. The molecule has 2 aliphatic carbocycles. The largest absolute Gasteiger partial charge is 0.384 e. The number of amides is 2. The molecule has 1 heterocycles. The topological polar surface area (TPSA) is 123 Å². The average molecular weight is 402 g/mol. The van der Waals surface area contributed by atoms with Crippen molar-refractivity contribution in [1.29, 1.82) is 0 Å². The van der Waals surface area contributed by atoms with E-state index in [0.717, 1.165) is 17.9 Å². The molecule has 5 atom stereocenters. The lowest BCUT2D eigenvalue weighted by Crippen LogP contribution is -2.52. The van der Waals surface area contributed by atoms with Gasteiger partial charge in [0.1, 0.15) is 11.9 Å². The molecule has 0 saturated heterocycles. The minimum absolute atomic E-state index is 0.159. The van der Waals surface area contributed by atoms with Crippen LogP contribution in [0.5, 0.6) is 0 Å². The Morgan fingerprint density at radius 3 is 2.62 bits per heavy atom. The highest BCUT2D eigenvalue weighted by atomic mass is 16.2. The van der Waals surface area contributed by atoms with Crippen LogP contribution in [0.1, 0.15) is 63.9 Å². The van der Waals surface area contributed by atoms with E-state index in [9.17, 15) is 9.59 Å². The Hall–Kier alpha value is -2.15. The second-order valence-electron chi connectivity index (χ2n) is 8.79. The van der Waals surface area contributed by atoms with E-state index in [2.05, 4.69) is 15.6 Å². The van der Waals surface area contributed by atoms with Crippen LogP contribution in [0.25, 0.3) is 0 Å². The van der Waals surface area contributed by atoms with Gasteiger partial charge in [0, 0.05) is 12.7 Å². The van der Waals surface area contributed by atoms with Gasteiger partial charge in [0.05, 0.1) is 6.04 Å². The second kappa shape index (κ2) is 10.1. The number of fused-ring (bicyclic) bond motifs is 1. The highest BCUT2D eigenvalue weighted by Gasteiger charge is 2.37. The molecule has 6 N–H and O–H groups in total. The Morgan fingerprint density at radius 1 is 1.14 bits per heavy atom. The van der Waals surface area contributed by atoms with Gasteiger partial charge >= 0.3 is 0 Å². The Bertz CT molecular complexity index is 689. The van der Waals surface area contributed by atoms with Crippen LogP contribution >= 0.6 is 0 Å². The lowest BCUT2D eigenvalue weighted by Gasteiger charge is -2.42. The molecule has 3 rings (SSSR count). The van der Waals surface area contributed by atoms with E-state index in [1.807, 2.05) is 6.07 Å². The van der Waals surface area contributed by atoms with Gasteiger partial charge < -0.3 is 22.1 Å². The van der Waals surface area contributed by atoms with Gasteiger partial charge in [-0.3, -0.25) is 9.59 Å². The van der Waals surface area contributed by atoms with E-state index in [-0.39, 0.29) is 11.8 Å². The van der Waals surface area contributed by atoms with E-state index < -0.39 is 12.1 Å². The highest BCUT2D eigenvalue weighted by molar-refractivity contribution is 5.89. The molecule has 0 aliphatic heterocycles. The molecule has 0 spiro atoms. The third-order valence-corrected chi connectivity index (χ3v) is 6.62. The molecule has 0 radical (unpaired) electrons. The first-order valence-electron chi connectivity index (χ1n) is 11.0. The molecule has 2 fully saturated rings. The number of rotatable bonds is 7. The van der Waals surface area contributed by atoms with Crippen molar-refractivity contribution in [2.45, 2.75) is 76.9 Å². The van der Waals surface area contributed by atoms with E-state index in [4.69, 9.17) is 11.5 Å². The quantitative estimate of drug-likeness (QED) is 0.557. The van der Waals surface area contributed by atoms with Gasteiger partial charge in [-0.1, -0.05) is 44.6 Å². The fourth-order valence-electron chi connectivity index (χ4n) is 5.05. The van der Waals surface area contributed by atoms with Crippen molar-refractivity contribution in [1.82, 2.24) is 15.6 Å². The van der Waals surface area contributed by atoms with Crippen molar-refractivity contribution in [2.24, 2.45) is 23.5 Å². The number of hydrogen-bond acceptors (Lipinski definition) is 5. The zero-order valence-electron chi connectivity index (χ0n) is 17.4. The van der Waals surface area contributed by atoms with Gasteiger partial charge in [0.2, 0.25) is 11.8 Å². The lowest BCUT2D eigenvalue weighted by molar-refractivity contribution is -0.130. The highest BCUT2D eigenvalue weighted by Crippen LogP contribution is 2.45. The van der Waals surface area contributed by atoms with Gasteiger partial charge in [-0.15, -0.1) is 0 Å². The Morgan fingerprint density at radius 2 is 1.90 bits per heavy atom. The Balaban J connectivity index is 1.65. The molecular weight excluding hydrogens is 366 g/mol. The van der Waals surface area contributed by atoms with Gasteiger partial charge in [0.15, 0.2) is 0 Å². The fourth-order valence-corrected chi connectivity index (χ4v) is 5.05. The summed E-state index contributed by atoms with van der Waals surface area (Å²) in [5, 5.41) is 5.84. The van der Waals surface area contributed by atoms with Crippen molar-refractivity contribution < 1.29 is 9.59 Å². The van der Waals surface area contributed by atoms with Crippen molar-refractivity contribution >= 4 is 17.6 Å². The van der Waals surface area contributed by atoms with Crippen LogP contribution in [-0.4, -0.2) is 28.9 Å². The maximum Gasteiger partial charge on any atom is 0.242 e. The lowest BCUT2D eigenvalue weighted by atomic mass is 9.64. The van der Waals surface area contributed by atoms with E-state index in [1.54, 1.807) is 19.2 Å². The molecule has 7 nitrogen and oxygen atoms in total. The van der Waals surface area contributed by atoms with Crippen molar-refractivity contribution in [2.75, 3.05) is 5.73 Å². The summed E-state index contributed by atoms with van der Waals surface area (Å²) < 4.78 is 0. The molecule has 29 heavy (non-hydrogen) atoms. The van der Waals surface area contributed by atoms with Crippen molar-refractivity contribution in [3.8, 4) is 0 Å². The molecule has 3 unspecified atom stereocenters. The van der Waals surface area contributed by atoms with Crippen LogP contribution in [-0.2, 0) is 16.1 Å². The van der Waals surface area contributed by atoms with Gasteiger partial charge in [-0.25, -0.2) is 4.98 Å². The van der Waals surface area contributed by atoms with Crippen LogP contribution in [0.3, 0.4) is 0 Å². The summed E-state index contributed by atoms with van der Waals surface area (Å²) in [6.07, 6.45) is 11.2. The van der Waals surface area contributed by atoms with Crippen LogP contribution in [0.4, 0.5) is 5.82 Å². The van der Waals surface area contributed by atoms with Crippen molar-refractivity contribution in [3.63, 3.8) is 0 Å². The number of nitrogen functional groups attached to an aromatic ring is 1. The Labute approximate surface area is 173 Å².